The quantitative estimate of drug-likeness (QED) is 0.755. The topological polar surface area (TPSA) is 34.5 Å². The van der Waals surface area contributed by atoms with Gasteiger partial charge in [0.2, 0.25) is 0 Å². The lowest BCUT2D eigenvalue weighted by Crippen LogP contribution is -2.08. The molecule has 1 unspecified atom stereocenters. The Morgan fingerprint density at radius 2 is 2.47 bits per heavy atom. The normalized spacial score (nSPS) is 19.8. The Morgan fingerprint density at radius 3 is 3.20 bits per heavy atom. The third kappa shape index (κ3) is 2.55. The standard InChI is InChI=1S/C12H16N2O/c1-2-3-6-11-8-12(14-15-11)10-5-4-7-13-9-10/h4-5,7,9,11H,2-3,6,8H2,1H3. The molecule has 3 heteroatoms. The van der Waals surface area contributed by atoms with Crippen LogP contribution in [0.4, 0.5) is 0 Å². The Bertz CT molecular complexity index is 335. The number of hydrogen-bond acceptors (Lipinski definition) is 3. The summed E-state index contributed by atoms with van der Waals surface area (Å²) in [4.78, 5) is 9.46. The molecule has 0 N–H and O–H groups in total. The van der Waals surface area contributed by atoms with Crippen LogP contribution in [0, 0.1) is 0 Å². The first-order valence-corrected chi connectivity index (χ1v) is 5.53. The van der Waals surface area contributed by atoms with Gasteiger partial charge in [0.25, 0.3) is 0 Å². The summed E-state index contributed by atoms with van der Waals surface area (Å²) in [5, 5.41) is 4.12. The van der Waals surface area contributed by atoms with Crippen molar-refractivity contribution in [2.45, 2.75) is 38.7 Å². The minimum Gasteiger partial charge on any atom is -0.392 e. The molecule has 1 atom stereocenters. The van der Waals surface area contributed by atoms with E-state index in [1.54, 1.807) is 6.20 Å². The monoisotopic (exact) mass is 204 g/mol. The van der Waals surface area contributed by atoms with Crippen molar-refractivity contribution in [3.05, 3.63) is 30.1 Å². The van der Waals surface area contributed by atoms with E-state index in [1.807, 2.05) is 18.3 Å². The summed E-state index contributed by atoms with van der Waals surface area (Å²) in [6, 6.07) is 3.95. The van der Waals surface area contributed by atoms with E-state index in [9.17, 15) is 0 Å². The number of nitrogens with zero attached hydrogens (tertiary/aromatic N) is 2. The fraction of sp³-hybridized carbons (Fsp3) is 0.500. The molecule has 3 nitrogen and oxygen atoms in total. The third-order valence-electron chi connectivity index (χ3n) is 2.61. The fourth-order valence-electron chi connectivity index (χ4n) is 1.72. The number of pyridine rings is 1. The molecule has 0 aromatic carbocycles. The molecule has 1 aromatic rings. The molecule has 1 aliphatic heterocycles. The Morgan fingerprint density at radius 1 is 1.53 bits per heavy atom. The lowest BCUT2D eigenvalue weighted by Gasteiger charge is -2.05. The summed E-state index contributed by atoms with van der Waals surface area (Å²) >= 11 is 0. The molecular formula is C12H16N2O. The second-order valence-electron chi connectivity index (χ2n) is 3.85. The highest BCUT2D eigenvalue weighted by atomic mass is 16.6. The van der Waals surface area contributed by atoms with Crippen LogP contribution in [0.2, 0.25) is 0 Å². The summed E-state index contributed by atoms with van der Waals surface area (Å²) in [6.07, 6.45) is 8.33. The number of unbranched alkanes of at least 4 members (excludes halogenated alkanes) is 1. The van der Waals surface area contributed by atoms with Crippen LogP contribution in [0.1, 0.15) is 38.2 Å². The predicted octanol–water partition coefficient (Wildman–Crippen LogP) is 2.76. The van der Waals surface area contributed by atoms with Gasteiger partial charge in [-0.25, -0.2) is 0 Å². The second-order valence-corrected chi connectivity index (χ2v) is 3.85. The zero-order valence-corrected chi connectivity index (χ0v) is 9.02. The maximum atomic E-state index is 5.38. The summed E-state index contributed by atoms with van der Waals surface area (Å²) in [7, 11) is 0. The van der Waals surface area contributed by atoms with Crippen LogP contribution in [0.5, 0.6) is 0 Å². The summed E-state index contributed by atoms with van der Waals surface area (Å²) in [6.45, 7) is 2.19. The molecule has 0 amide bonds. The Hall–Kier alpha value is -1.38. The highest BCUT2D eigenvalue weighted by Gasteiger charge is 2.21. The lowest BCUT2D eigenvalue weighted by atomic mass is 10.0. The van der Waals surface area contributed by atoms with Gasteiger partial charge < -0.3 is 4.84 Å². The van der Waals surface area contributed by atoms with Gasteiger partial charge in [-0.3, -0.25) is 4.98 Å². The van der Waals surface area contributed by atoms with Crippen LogP contribution < -0.4 is 0 Å². The molecule has 2 rings (SSSR count). The molecular weight excluding hydrogens is 188 g/mol. The smallest absolute Gasteiger partial charge is 0.133 e. The van der Waals surface area contributed by atoms with Crippen LogP contribution in [-0.2, 0) is 4.84 Å². The van der Waals surface area contributed by atoms with Crippen LogP contribution >= 0.6 is 0 Å². The number of hydrogen-bond donors (Lipinski definition) is 0. The molecule has 0 saturated heterocycles. The van der Waals surface area contributed by atoms with Gasteiger partial charge in [-0.15, -0.1) is 0 Å². The van der Waals surface area contributed by atoms with Crippen molar-refractivity contribution in [3.63, 3.8) is 0 Å². The van der Waals surface area contributed by atoms with E-state index in [4.69, 9.17) is 4.84 Å². The first-order chi connectivity index (χ1) is 7.40. The van der Waals surface area contributed by atoms with Crippen LogP contribution in [0.25, 0.3) is 0 Å². The molecule has 80 valence electrons. The van der Waals surface area contributed by atoms with Crippen molar-refractivity contribution in [2.75, 3.05) is 0 Å². The van der Waals surface area contributed by atoms with E-state index < -0.39 is 0 Å². The zero-order chi connectivity index (χ0) is 10.5. The van der Waals surface area contributed by atoms with Crippen molar-refractivity contribution >= 4 is 5.71 Å². The van der Waals surface area contributed by atoms with E-state index >= 15 is 0 Å². The molecule has 15 heavy (non-hydrogen) atoms. The SMILES string of the molecule is CCCCC1CC(c2cccnc2)=NO1. The zero-order valence-electron chi connectivity index (χ0n) is 9.02. The van der Waals surface area contributed by atoms with Crippen molar-refractivity contribution in [1.82, 2.24) is 4.98 Å². The summed E-state index contributed by atoms with van der Waals surface area (Å²) < 4.78 is 0. The van der Waals surface area contributed by atoms with Crippen LogP contribution in [0.3, 0.4) is 0 Å². The predicted molar refractivity (Wildman–Crippen MR) is 59.8 cm³/mol. The first-order valence-electron chi connectivity index (χ1n) is 5.53. The highest BCUT2D eigenvalue weighted by molar-refractivity contribution is 6.00. The second kappa shape index (κ2) is 4.91. The van der Waals surface area contributed by atoms with Crippen molar-refractivity contribution < 1.29 is 4.84 Å². The maximum Gasteiger partial charge on any atom is 0.133 e. The molecule has 0 saturated carbocycles. The number of aromatic nitrogens is 1. The minimum atomic E-state index is 0.278. The Labute approximate surface area is 90.2 Å². The molecule has 0 aliphatic carbocycles. The Balaban J connectivity index is 1.92. The summed E-state index contributed by atoms with van der Waals surface area (Å²) in [5.41, 5.74) is 2.11. The van der Waals surface area contributed by atoms with Gasteiger partial charge in [0.05, 0.1) is 5.71 Å². The molecule has 0 fully saturated rings. The van der Waals surface area contributed by atoms with E-state index in [2.05, 4.69) is 17.1 Å². The van der Waals surface area contributed by atoms with Crippen molar-refractivity contribution in [3.8, 4) is 0 Å². The summed E-state index contributed by atoms with van der Waals surface area (Å²) in [5.74, 6) is 0. The fourth-order valence-corrected chi connectivity index (χ4v) is 1.72. The van der Waals surface area contributed by atoms with Gasteiger partial charge in [0.15, 0.2) is 0 Å². The third-order valence-corrected chi connectivity index (χ3v) is 2.61. The van der Waals surface area contributed by atoms with Gasteiger partial charge in [0.1, 0.15) is 6.10 Å². The largest absolute Gasteiger partial charge is 0.392 e. The van der Waals surface area contributed by atoms with Crippen LogP contribution in [0.15, 0.2) is 29.7 Å². The van der Waals surface area contributed by atoms with E-state index in [1.165, 1.54) is 12.8 Å². The van der Waals surface area contributed by atoms with Gasteiger partial charge >= 0.3 is 0 Å². The van der Waals surface area contributed by atoms with E-state index in [0.717, 1.165) is 24.1 Å². The molecule has 0 bridgehead atoms. The molecule has 2 heterocycles. The van der Waals surface area contributed by atoms with Gasteiger partial charge in [-0.1, -0.05) is 18.5 Å². The number of rotatable bonds is 4. The average Bonchev–Trinajstić information content (AvgIpc) is 2.76. The van der Waals surface area contributed by atoms with Gasteiger partial charge in [-0.2, -0.15) is 0 Å². The molecule has 0 spiro atoms. The number of oxime groups is 1. The Kier molecular flexibility index (Phi) is 3.33. The van der Waals surface area contributed by atoms with Gasteiger partial charge in [-0.05, 0) is 25.0 Å². The van der Waals surface area contributed by atoms with Crippen molar-refractivity contribution in [2.24, 2.45) is 5.16 Å². The molecule has 0 radical (unpaired) electrons. The maximum absolute atomic E-state index is 5.38. The van der Waals surface area contributed by atoms with Gasteiger partial charge in [0, 0.05) is 24.4 Å². The minimum absolute atomic E-state index is 0.278. The lowest BCUT2D eigenvalue weighted by molar-refractivity contribution is 0.0774. The highest BCUT2D eigenvalue weighted by Crippen LogP contribution is 2.19. The van der Waals surface area contributed by atoms with Crippen molar-refractivity contribution in [1.29, 1.82) is 0 Å². The van der Waals surface area contributed by atoms with Crippen LogP contribution in [-0.4, -0.2) is 16.8 Å². The molecule has 1 aliphatic rings. The van der Waals surface area contributed by atoms with E-state index in [0.29, 0.717) is 0 Å². The van der Waals surface area contributed by atoms with E-state index in [-0.39, 0.29) is 6.10 Å². The molecule has 1 aromatic heterocycles. The average molecular weight is 204 g/mol. The first kappa shape index (κ1) is 10.1.